The molecule has 0 atom stereocenters. The molecule has 0 spiro atoms. The van der Waals surface area contributed by atoms with Crippen LogP contribution in [0.5, 0.6) is 0 Å². The summed E-state index contributed by atoms with van der Waals surface area (Å²) in [5.74, 6) is 0. The van der Waals surface area contributed by atoms with Gasteiger partial charge in [0, 0.05) is 26.3 Å². The number of benzene rings is 1. The van der Waals surface area contributed by atoms with Crippen molar-refractivity contribution in [1.29, 1.82) is 5.26 Å². The second-order valence-corrected chi connectivity index (χ2v) is 6.99. The SMILES string of the molecule is CN(C1CCOCC1)S(=O)(=O)c1cc(C#N)ccc1Cl. The summed E-state index contributed by atoms with van der Waals surface area (Å²) in [4.78, 5) is -0.0211. The third-order valence-corrected chi connectivity index (χ3v) is 5.81. The van der Waals surface area contributed by atoms with Crippen LogP contribution in [0.2, 0.25) is 5.02 Å². The molecule has 0 aliphatic carbocycles. The first-order valence-electron chi connectivity index (χ1n) is 6.22. The van der Waals surface area contributed by atoms with Gasteiger partial charge in [-0.15, -0.1) is 0 Å². The molecule has 20 heavy (non-hydrogen) atoms. The van der Waals surface area contributed by atoms with Gasteiger partial charge in [0.15, 0.2) is 0 Å². The lowest BCUT2D eigenvalue weighted by molar-refractivity contribution is 0.0632. The van der Waals surface area contributed by atoms with E-state index in [1.807, 2.05) is 6.07 Å². The van der Waals surface area contributed by atoms with Crippen LogP contribution in [-0.2, 0) is 14.8 Å². The topological polar surface area (TPSA) is 70.4 Å². The highest BCUT2D eigenvalue weighted by molar-refractivity contribution is 7.89. The molecule has 1 aromatic carbocycles. The maximum absolute atomic E-state index is 12.6. The highest BCUT2D eigenvalue weighted by Crippen LogP contribution is 2.28. The Morgan fingerprint density at radius 1 is 1.40 bits per heavy atom. The predicted octanol–water partition coefficient (Wildman–Crippen LogP) is 2.01. The van der Waals surface area contributed by atoms with Crippen molar-refractivity contribution in [2.75, 3.05) is 20.3 Å². The zero-order chi connectivity index (χ0) is 14.8. The first-order valence-corrected chi connectivity index (χ1v) is 8.04. The second-order valence-electron chi connectivity index (χ2n) is 4.62. The number of nitriles is 1. The standard InChI is InChI=1S/C13H15ClN2O3S/c1-16(11-4-6-19-7-5-11)20(17,18)13-8-10(9-15)2-3-12(13)14/h2-3,8,11H,4-7H2,1H3. The highest BCUT2D eigenvalue weighted by atomic mass is 35.5. The summed E-state index contributed by atoms with van der Waals surface area (Å²) in [5.41, 5.74) is 0.272. The third kappa shape index (κ3) is 2.96. The van der Waals surface area contributed by atoms with Gasteiger partial charge in [0.2, 0.25) is 10.0 Å². The van der Waals surface area contributed by atoms with Gasteiger partial charge in [0.25, 0.3) is 0 Å². The summed E-state index contributed by atoms with van der Waals surface area (Å²) in [6, 6.07) is 6.07. The molecule has 0 saturated carbocycles. The van der Waals surface area contributed by atoms with Crippen molar-refractivity contribution in [2.24, 2.45) is 0 Å². The smallest absolute Gasteiger partial charge is 0.244 e. The molecule has 1 saturated heterocycles. The molecule has 1 fully saturated rings. The Hall–Kier alpha value is -1.13. The molecule has 0 bridgehead atoms. The van der Waals surface area contributed by atoms with Crippen LogP contribution in [0.15, 0.2) is 23.1 Å². The zero-order valence-corrected chi connectivity index (χ0v) is 12.6. The van der Waals surface area contributed by atoms with E-state index in [-0.39, 0.29) is 21.5 Å². The monoisotopic (exact) mass is 314 g/mol. The summed E-state index contributed by atoms with van der Waals surface area (Å²) in [7, 11) is -2.16. The van der Waals surface area contributed by atoms with E-state index in [0.717, 1.165) is 0 Å². The molecule has 2 rings (SSSR count). The van der Waals surface area contributed by atoms with Crippen LogP contribution in [-0.4, -0.2) is 39.0 Å². The number of rotatable bonds is 3. The predicted molar refractivity (Wildman–Crippen MR) is 75.0 cm³/mol. The molecule has 0 unspecified atom stereocenters. The van der Waals surface area contributed by atoms with Gasteiger partial charge in [0.1, 0.15) is 4.90 Å². The van der Waals surface area contributed by atoms with E-state index in [4.69, 9.17) is 21.6 Å². The number of hydrogen-bond acceptors (Lipinski definition) is 4. The number of hydrogen-bond donors (Lipinski definition) is 0. The van der Waals surface area contributed by atoms with E-state index in [2.05, 4.69) is 0 Å². The molecule has 5 nitrogen and oxygen atoms in total. The van der Waals surface area contributed by atoms with Crippen LogP contribution in [0, 0.1) is 11.3 Å². The Bertz CT molecular complexity index is 634. The van der Waals surface area contributed by atoms with Crippen molar-refractivity contribution in [1.82, 2.24) is 4.31 Å². The van der Waals surface area contributed by atoms with E-state index in [9.17, 15) is 8.42 Å². The first kappa shape index (κ1) is 15.3. The van der Waals surface area contributed by atoms with Crippen molar-refractivity contribution in [3.05, 3.63) is 28.8 Å². The molecule has 0 N–H and O–H groups in total. The second kappa shape index (κ2) is 6.10. The van der Waals surface area contributed by atoms with E-state index < -0.39 is 10.0 Å². The summed E-state index contributed by atoms with van der Waals surface area (Å²) in [6.07, 6.45) is 1.32. The highest BCUT2D eigenvalue weighted by Gasteiger charge is 2.31. The number of ether oxygens (including phenoxy) is 1. The summed E-state index contributed by atoms with van der Waals surface area (Å²) >= 11 is 5.98. The van der Waals surface area contributed by atoms with Crippen molar-refractivity contribution in [2.45, 2.75) is 23.8 Å². The van der Waals surface area contributed by atoms with Gasteiger partial charge in [0.05, 0.1) is 16.7 Å². The van der Waals surface area contributed by atoms with Crippen LogP contribution >= 0.6 is 11.6 Å². The number of sulfonamides is 1. The fraction of sp³-hybridized carbons (Fsp3) is 0.462. The van der Waals surface area contributed by atoms with Crippen molar-refractivity contribution in [3.63, 3.8) is 0 Å². The quantitative estimate of drug-likeness (QED) is 0.855. The Kier molecular flexibility index (Phi) is 4.66. The summed E-state index contributed by atoms with van der Waals surface area (Å²) in [6.45, 7) is 1.10. The van der Waals surface area contributed by atoms with Gasteiger partial charge in [-0.05, 0) is 31.0 Å². The van der Waals surface area contributed by atoms with Gasteiger partial charge >= 0.3 is 0 Å². The Morgan fingerprint density at radius 3 is 2.65 bits per heavy atom. The van der Waals surface area contributed by atoms with E-state index >= 15 is 0 Å². The van der Waals surface area contributed by atoms with Crippen molar-refractivity contribution < 1.29 is 13.2 Å². The lowest BCUT2D eigenvalue weighted by Gasteiger charge is -2.30. The minimum absolute atomic E-state index is 0.0211. The summed E-state index contributed by atoms with van der Waals surface area (Å²) < 4.78 is 31.8. The molecular formula is C13H15ClN2O3S. The Labute approximate surface area is 123 Å². The van der Waals surface area contributed by atoms with Crippen LogP contribution in [0.25, 0.3) is 0 Å². The molecule has 0 aromatic heterocycles. The number of halogens is 1. The fourth-order valence-electron chi connectivity index (χ4n) is 2.17. The van der Waals surface area contributed by atoms with Gasteiger partial charge in [-0.2, -0.15) is 9.57 Å². The fourth-order valence-corrected chi connectivity index (χ4v) is 4.08. The molecular weight excluding hydrogens is 300 g/mol. The molecule has 1 aromatic rings. The maximum Gasteiger partial charge on any atom is 0.244 e. The van der Waals surface area contributed by atoms with Gasteiger partial charge in [-0.25, -0.2) is 8.42 Å². The Morgan fingerprint density at radius 2 is 2.05 bits per heavy atom. The lowest BCUT2D eigenvalue weighted by Crippen LogP contribution is -2.40. The molecule has 1 aliphatic heterocycles. The molecule has 0 amide bonds. The minimum atomic E-state index is -3.71. The normalized spacial score (nSPS) is 17.1. The number of nitrogens with zero attached hydrogens (tertiary/aromatic N) is 2. The third-order valence-electron chi connectivity index (χ3n) is 3.42. The van der Waals surface area contributed by atoms with Crippen LogP contribution < -0.4 is 0 Å². The minimum Gasteiger partial charge on any atom is -0.381 e. The average Bonchev–Trinajstić information content (AvgIpc) is 2.47. The zero-order valence-electron chi connectivity index (χ0n) is 11.0. The molecule has 108 valence electrons. The van der Waals surface area contributed by atoms with E-state index in [1.54, 1.807) is 7.05 Å². The van der Waals surface area contributed by atoms with Crippen LogP contribution in [0.1, 0.15) is 18.4 Å². The van der Waals surface area contributed by atoms with Crippen molar-refractivity contribution in [3.8, 4) is 6.07 Å². The van der Waals surface area contributed by atoms with Gasteiger partial charge < -0.3 is 4.74 Å². The molecule has 0 radical (unpaired) electrons. The lowest BCUT2D eigenvalue weighted by atomic mass is 10.1. The van der Waals surface area contributed by atoms with E-state index in [1.165, 1.54) is 22.5 Å². The first-order chi connectivity index (χ1) is 9.46. The molecule has 1 aliphatic rings. The molecule has 1 heterocycles. The largest absolute Gasteiger partial charge is 0.381 e. The Balaban J connectivity index is 2.36. The van der Waals surface area contributed by atoms with Crippen molar-refractivity contribution >= 4 is 21.6 Å². The van der Waals surface area contributed by atoms with Gasteiger partial charge in [-0.1, -0.05) is 11.6 Å². The van der Waals surface area contributed by atoms with E-state index in [0.29, 0.717) is 26.1 Å². The average molecular weight is 315 g/mol. The van der Waals surface area contributed by atoms with Crippen LogP contribution in [0.4, 0.5) is 0 Å². The van der Waals surface area contributed by atoms with Crippen LogP contribution in [0.3, 0.4) is 0 Å². The summed E-state index contributed by atoms with van der Waals surface area (Å²) in [5, 5.41) is 9.02. The maximum atomic E-state index is 12.6. The molecule has 7 heteroatoms. The van der Waals surface area contributed by atoms with Gasteiger partial charge in [-0.3, -0.25) is 0 Å².